The molecule has 4 heteroatoms. The maximum absolute atomic E-state index is 3.73. The van der Waals surface area contributed by atoms with Crippen LogP contribution in [-0.4, -0.2) is 10.7 Å². The quantitative estimate of drug-likeness (QED) is 0.468. The summed E-state index contributed by atoms with van der Waals surface area (Å²) in [6, 6.07) is 13.0. The average Bonchev–Trinajstić information content (AvgIpc) is 2.82. The van der Waals surface area contributed by atoms with Crippen molar-refractivity contribution in [3.63, 3.8) is 0 Å². The topological polar surface area (TPSA) is 0 Å². The number of benzene rings is 1. The highest BCUT2D eigenvalue weighted by molar-refractivity contribution is 9.11. The second-order valence-electron chi connectivity index (χ2n) is 4.75. The Bertz CT molecular complexity index is 544. The van der Waals surface area contributed by atoms with E-state index in [2.05, 4.69) is 91.1 Å². The Balaban J connectivity index is 2.40. The molecular formula is C15H15Br3S. The fourth-order valence-electron chi connectivity index (χ4n) is 2.32. The molecule has 2 rings (SSSR count). The molecule has 1 heterocycles. The zero-order valence-electron chi connectivity index (χ0n) is 10.6. The highest BCUT2D eigenvalue weighted by atomic mass is 79.9. The Labute approximate surface area is 144 Å². The molecule has 102 valence electrons. The fourth-order valence-corrected chi connectivity index (χ4v) is 5.87. The second-order valence-corrected chi connectivity index (χ2v) is 8.41. The lowest BCUT2D eigenvalue weighted by atomic mass is 9.79. The molecule has 0 amide bonds. The fraction of sp³-hybridized carbons (Fsp3) is 0.333. The van der Waals surface area contributed by atoms with E-state index in [4.69, 9.17) is 0 Å². The van der Waals surface area contributed by atoms with Crippen molar-refractivity contribution >= 4 is 59.1 Å². The molecule has 0 fully saturated rings. The smallest absolute Gasteiger partial charge is 0.0701 e. The van der Waals surface area contributed by atoms with Crippen molar-refractivity contribution in [2.24, 2.45) is 0 Å². The third-order valence-electron chi connectivity index (χ3n) is 3.37. The molecule has 2 aromatic rings. The van der Waals surface area contributed by atoms with Crippen LogP contribution in [0.5, 0.6) is 0 Å². The molecule has 0 aliphatic carbocycles. The largest absolute Gasteiger partial charge is 0.133 e. The van der Waals surface area contributed by atoms with Gasteiger partial charge in [0.1, 0.15) is 0 Å². The summed E-state index contributed by atoms with van der Waals surface area (Å²) in [5, 5.41) is 1.90. The predicted octanol–water partition coefficient (Wildman–Crippen LogP) is 6.09. The van der Waals surface area contributed by atoms with Gasteiger partial charge in [-0.15, -0.1) is 11.3 Å². The Kier molecular flexibility index (Phi) is 5.70. The zero-order chi connectivity index (χ0) is 13.9. The van der Waals surface area contributed by atoms with Crippen LogP contribution < -0.4 is 0 Å². The van der Waals surface area contributed by atoms with E-state index in [1.54, 1.807) is 0 Å². The average molecular weight is 467 g/mol. The minimum Gasteiger partial charge on any atom is -0.133 e. The van der Waals surface area contributed by atoms with Gasteiger partial charge < -0.3 is 0 Å². The monoisotopic (exact) mass is 464 g/mol. The molecule has 1 aromatic carbocycles. The standard InChI is InChI=1S/C15H15Br3S/c1-11-4-2-3-5-13(11)15(9-16,10-17)8-12-6-7-14(18)19-12/h2-7H,8-10H2,1H3. The van der Waals surface area contributed by atoms with Gasteiger partial charge in [0.2, 0.25) is 0 Å². The lowest BCUT2D eigenvalue weighted by molar-refractivity contribution is 0.552. The molecule has 0 nitrogen and oxygen atoms in total. The number of alkyl halides is 2. The molecule has 0 saturated carbocycles. The van der Waals surface area contributed by atoms with E-state index < -0.39 is 0 Å². The van der Waals surface area contributed by atoms with Gasteiger partial charge in [0.05, 0.1) is 3.79 Å². The number of thiophene rings is 1. The van der Waals surface area contributed by atoms with Gasteiger partial charge in [-0.05, 0) is 52.5 Å². The molecule has 0 aliphatic heterocycles. The molecule has 0 aliphatic rings. The molecule has 0 radical (unpaired) electrons. The molecule has 0 unspecified atom stereocenters. The van der Waals surface area contributed by atoms with Crippen molar-refractivity contribution in [1.29, 1.82) is 0 Å². The van der Waals surface area contributed by atoms with E-state index >= 15 is 0 Å². The van der Waals surface area contributed by atoms with Crippen LogP contribution >= 0.6 is 59.1 Å². The van der Waals surface area contributed by atoms with Crippen LogP contribution in [0.15, 0.2) is 40.2 Å². The number of aryl methyl sites for hydroxylation is 1. The van der Waals surface area contributed by atoms with Gasteiger partial charge >= 0.3 is 0 Å². The van der Waals surface area contributed by atoms with Crippen molar-refractivity contribution < 1.29 is 0 Å². The first kappa shape index (κ1) is 15.7. The Morgan fingerprint density at radius 1 is 1.05 bits per heavy atom. The number of hydrogen-bond acceptors (Lipinski definition) is 1. The molecule has 0 saturated heterocycles. The first-order valence-electron chi connectivity index (χ1n) is 6.03. The van der Waals surface area contributed by atoms with E-state index in [0.29, 0.717) is 0 Å². The summed E-state index contributed by atoms with van der Waals surface area (Å²) in [5.74, 6) is 0. The number of rotatable bonds is 5. The summed E-state index contributed by atoms with van der Waals surface area (Å²) in [6.45, 7) is 2.19. The molecule has 0 spiro atoms. The van der Waals surface area contributed by atoms with Gasteiger partial charge in [0, 0.05) is 21.0 Å². The van der Waals surface area contributed by atoms with Crippen LogP contribution in [0.25, 0.3) is 0 Å². The van der Waals surface area contributed by atoms with Crippen LogP contribution in [-0.2, 0) is 11.8 Å². The highest BCUT2D eigenvalue weighted by Gasteiger charge is 2.32. The van der Waals surface area contributed by atoms with E-state index in [9.17, 15) is 0 Å². The van der Waals surface area contributed by atoms with Gasteiger partial charge in [-0.1, -0.05) is 56.1 Å². The molecule has 19 heavy (non-hydrogen) atoms. The summed E-state index contributed by atoms with van der Waals surface area (Å²) < 4.78 is 1.20. The maximum atomic E-state index is 3.73. The first-order chi connectivity index (χ1) is 9.11. The van der Waals surface area contributed by atoms with Crippen molar-refractivity contribution in [2.75, 3.05) is 10.7 Å². The molecule has 1 aromatic heterocycles. The van der Waals surface area contributed by atoms with Crippen LogP contribution in [0.4, 0.5) is 0 Å². The first-order valence-corrected chi connectivity index (χ1v) is 9.89. The molecular weight excluding hydrogens is 452 g/mol. The Hall–Kier alpha value is 0.360. The third-order valence-corrected chi connectivity index (χ3v) is 7.14. The lowest BCUT2D eigenvalue weighted by Gasteiger charge is -2.32. The van der Waals surface area contributed by atoms with Crippen LogP contribution in [0, 0.1) is 6.92 Å². The second kappa shape index (κ2) is 6.88. The normalized spacial score (nSPS) is 11.8. The maximum Gasteiger partial charge on any atom is 0.0701 e. The minimum absolute atomic E-state index is 0.107. The molecule has 0 N–H and O–H groups in total. The number of halogens is 3. The van der Waals surface area contributed by atoms with Gasteiger partial charge in [-0.3, -0.25) is 0 Å². The number of hydrogen-bond donors (Lipinski definition) is 0. The van der Waals surface area contributed by atoms with Crippen molar-refractivity contribution in [3.05, 3.63) is 56.2 Å². The Morgan fingerprint density at radius 3 is 2.26 bits per heavy atom. The highest BCUT2D eigenvalue weighted by Crippen LogP contribution is 2.37. The van der Waals surface area contributed by atoms with Gasteiger partial charge in [-0.25, -0.2) is 0 Å². The summed E-state index contributed by atoms with van der Waals surface area (Å²) in [5.41, 5.74) is 2.89. The van der Waals surface area contributed by atoms with E-state index in [1.807, 2.05) is 11.3 Å². The summed E-state index contributed by atoms with van der Waals surface area (Å²) in [7, 11) is 0. The van der Waals surface area contributed by atoms with Crippen molar-refractivity contribution in [2.45, 2.75) is 18.8 Å². The van der Waals surface area contributed by atoms with E-state index in [1.165, 1.54) is 19.8 Å². The third kappa shape index (κ3) is 3.52. The van der Waals surface area contributed by atoms with Gasteiger partial charge in [-0.2, -0.15) is 0 Å². The Morgan fingerprint density at radius 2 is 1.74 bits per heavy atom. The SMILES string of the molecule is Cc1ccccc1C(CBr)(CBr)Cc1ccc(Br)s1. The summed E-state index contributed by atoms with van der Waals surface area (Å²) in [6.07, 6.45) is 1.05. The van der Waals surface area contributed by atoms with Crippen molar-refractivity contribution in [1.82, 2.24) is 0 Å². The van der Waals surface area contributed by atoms with Crippen LogP contribution in [0.3, 0.4) is 0 Å². The lowest BCUT2D eigenvalue weighted by Crippen LogP contribution is -2.33. The van der Waals surface area contributed by atoms with Crippen LogP contribution in [0.1, 0.15) is 16.0 Å². The molecule has 0 atom stereocenters. The summed E-state index contributed by atoms with van der Waals surface area (Å²) >= 11 is 12.8. The minimum atomic E-state index is 0.107. The van der Waals surface area contributed by atoms with Gasteiger partial charge in [0.25, 0.3) is 0 Å². The van der Waals surface area contributed by atoms with Gasteiger partial charge in [0.15, 0.2) is 0 Å². The van der Waals surface area contributed by atoms with Crippen LogP contribution in [0.2, 0.25) is 0 Å². The molecule has 0 bridgehead atoms. The van der Waals surface area contributed by atoms with E-state index in [0.717, 1.165) is 17.1 Å². The predicted molar refractivity (Wildman–Crippen MR) is 96.2 cm³/mol. The zero-order valence-corrected chi connectivity index (χ0v) is 16.2. The van der Waals surface area contributed by atoms with E-state index in [-0.39, 0.29) is 5.41 Å². The summed E-state index contributed by atoms with van der Waals surface area (Å²) in [4.78, 5) is 1.41. The van der Waals surface area contributed by atoms with Crippen molar-refractivity contribution in [3.8, 4) is 0 Å².